The van der Waals surface area contributed by atoms with Crippen LogP contribution in [0.4, 0.5) is 0 Å². The molecule has 0 aromatic heterocycles. The quantitative estimate of drug-likeness (QED) is 0.0410. The number of ether oxygens (including phenoxy) is 1. The van der Waals surface area contributed by atoms with Crippen LogP contribution in [0.5, 0.6) is 0 Å². The van der Waals surface area contributed by atoms with Crippen LogP contribution in [0.2, 0.25) is 0 Å². The summed E-state index contributed by atoms with van der Waals surface area (Å²) < 4.78 is 5.29. The molecule has 0 saturated heterocycles. The van der Waals surface area contributed by atoms with Crippen LogP contribution >= 0.6 is 0 Å². The van der Waals surface area contributed by atoms with E-state index in [1.807, 2.05) is 0 Å². The van der Waals surface area contributed by atoms with E-state index in [1.54, 1.807) is 0 Å². The van der Waals surface area contributed by atoms with E-state index in [4.69, 9.17) is 4.74 Å². The van der Waals surface area contributed by atoms with Crippen LogP contribution in [-0.2, 0) is 14.3 Å². The third-order valence-electron chi connectivity index (χ3n) is 8.78. The highest BCUT2D eigenvalue weighted by Crippen LogP contribution is 2.16. The van der Waals surface area contributed by atoms with Crippen LogP contribution < -0.4 is 0 Å². The fourth-order valence-corrected chi connectivity index (χ4v) is 5.77. The summed E-state index contributed by atoms with van der Waals surface area (Å²) in [4.78, 5) is 23.8. The summed E-state index contributed by atoms with van der Waals surface area (Å²) in [5, 5.41) is 9.50. The minimum absolute atomic E-state index is 0.261. The summed E-state index contributed by atoms with van der Waals surface area (Å²) in [6, 6.07) is 0. The second-order valence-electron chi connectivity index (χ2n) is 13.4. The number of hydrogen-bond acceptors (Lipinski definition) is 3. The van der Waals surface area contributed by atoms with Crippen molar-refractivity contribution in [1.82, 2.24) is 0 Å². The van der Waals surface area contributed by atoms with Crippen LogP contribution in [0.1, 0.15) is 200 Å². The van der Waals surface area contributed by atoms with Crippen molar-refractivity contribution in [2.24, 2.45) is 0 Å². The Morgan fingerprint density at radius 3 is 1.21 bits per heavy atom. The number of aliphatic carboxylic acids is 1. The Morgan fingerprint density at radius 2 is 0.833 bits per heavy atom. The van der Waals surface area contributed by atoms with Crippen LogP contribution in [0.3, 0.4) is 0 Å². The molecule has 1 N–H and O–H groups in total. The Morgan fingerprint density at radius 1 is 0.479 bits per heavy atom. The maximum atomic E-state index is 12.2. The molecule has 0 aliphatic heterocycles. The molecule has 276 valence electrons. The van der Waals surface area contributed by atoms with Gasteiger partial charge in [0, 0.05) is 6.42 Å². The molecule has 0 radical (unpaired) electrons. The highest BCUT2D eigenvalue weighted by Gasteiger charge is 2.21. The number of carbonyl (C=O) groups excluding carboxylic acids is 1. The second kappa shape index (κ2) is 39.1. The van der Waals surface area contributed by atoms with Crippen molar-refractivity contribution in [3.05, 3.63) is 60.8 Å². The minimum atomic E-state index is -1.03. The van der Waals surface area contributed by atoms with Gasteiger partial charge < -0.3 is 9.84 Å². The first-order valence-corrected chi connectivity index (χ1v) is 20.3. The molecular formula is C44H76O4. The smallest absolute Gasteiger partial charge is 0.345 e. The Bertz CT molecular complexity index is 850. The van der Waals surface area contributed by atoms with E-state index in [2.05, 4.69) is 74.6 Å². The lowest BCUT2D eigenvalue weighted by atomic mass is 10.0. The monoisotopic (exact) mass is 669 g/mol. The Kier molecular flexibility index (Phi) is 37.2. The molecule has 0 aromatic carbocycles. The lowest BCUT2D eigenvalue weighted by Gasteiger charge is -2.13. The van der Waals surface area contributed by atoms with Crippen molar-refractivity contribution in [2.45, 2.75) is 206 Å². The molecule has 0 amide bonds. The number of esters is 1. The summed E-state index contributed by atoms with van der Waals surface area (Å²) in [7, 11) is 0. The van der Waals surface area contributed by atoms with Crippen LogP contribution in [0.15, 0.2) is 60.8 Å². The molecule has 4 nitrogen and oxygen atoms in total. The van der Waals surface area contributed by atoms with Gasteiger partial charge in [-0.1, -0.05) is 197 Å². The van der Waals surface area contributed by atoms with Crippen LogP contribution in [-0.4, -0.2) is 23.1 Å². The zero-order chi connectivity index (χ0) is 35.0. The van der Waals surface area contributed by atoms with Gasteiger partial charge in [-0.2, -0.15) is 0 Å². The topological polar surface area (TPSA) is 63.6 Å². The van der Waals surface area contributed by atoms with Crippen molar-refractivity contribution in [1.29, 1.82) is 0 Å². The Hall–Kier alpha value is -2.36. The molecule has 0 rings (SSSR count). The van der Waals surface area contributed by atoms with E-state index in [1.165, 1.54) is 109 Å². The number of hydrogen-bond donors (Lipinski definition) is 1. The summed E-state index contributed by atoms with van der Waals surface area (Å²) in [5.74, 6) is -1.43. The minimum Gasteiger partial charge on any atom is -0.479 e. The van der Waals surface area contributed by atoms with E-state index in [0.717, 1.165) is 57.8 Å². The molecule has 0 saturated carbocycles. The van der Waals surface area contributed by atoms with Crippen LogP contribution in [0.25, 0.3) is 0 Å². The zero-order valence-corrected chi connectivity index (χ0v) is 31.5. The SMILES string of the molecule is CC/C=C\C/C=C\C/C=C\C/C=C\C/C=C\CCCC(=O)OC(CCCCCCCCCCCCCCCCCCCCCC)C(=O)O. The fourth-order valence-electron chi connectivity index (χ4n) is 5.77. The van der Waals surface area contributed by atoms with Gasteiger partial charge in [-0.3, -0.25) is 4.79 Å². The highest BCUT2D eigenvalue weighted by atomic mass is 16.6. The first kappa shape index (κ1) is 45.6. The molecule has 48 heavy (non-hydrogen) atoms. The number of carboxylic acid groups (broad SMARTS) is 1. The van der Waals surface area contributed by atoms with Gasteiger partial charge in [0.1, 0.15) is 0 Å². The normalized spacial score (nSPS) is 12.9. The molecule has 0 bridgehead atoms. The van der Waals surface area contributed by atoms with Gasteiger partial charge in [0.15, 0.2) is 6.10 Å². The van der Waals surface area contributed by atoms with E-state index in [9.17, 15) is 14.7 Å². The molecule has 0 aliphatic carbocycles. The Balaban J connectivity index is 3.63. The molecule has 0 aliphatic rings. The summed E-state index contributed by atoms with van der Waals surface area (Å²) >= 11 is 0. The maximum Gasteiger partial charge on any atom is 0.345 e. The molecular weight excluding hydrogens is 592 g/mol. The standard InChI is InChI=1S/C44H76O4/c1-3-5-7-9-11-13-15-17-19-21-22-23-25-26-28-30-32-34-36-38-40-42(44(46)47)48-43(45)41-39-37-35-33-31-29-27-24-20-18-16-14-12-10-8-6-4-2/h6,8,12,14,18,20,27,29,33,35,42H,3-5,7,9-11,13,15-17,19,21-26,28,30-32,34,36-41H2,1-2H3,(H,46,47)/b8-6-,14-12-,20-18-,29-27-,35-33-. The van der Waals surface area contributed by atoms with E-state index < -0.39 is 18.0 Å². The lowest BCUT2D eigenvalue weighted by molar-refractivity contribution is -0.164. The zero-order valence-electron chi connectivity index (χ0n) is 31.5. The molecule has 0 heterocycles. The molecule has 4 heteroatoms. The van der Waals surface area contributed by atoms with Gasteiger partial charge in [-0.25, -0.2) is 4.79 Å². The second-order valence-corrected chi connectivity index (χ2v) is 13.4. The van der Waals surface area contributed by atoms with Crippen molar-refractivity contribution in [3.63, 3.8) is 0 Å². The third kappa shape index (κ3) is 36.5. The fraction of sp³-hybridized carbons (Fsp3) is 0.727. The number of rotatable bonds is 36. The van der Waals surface area contributed by atoms with Crippen molar-refractivity contribution >= 4 is 11.9 Å². The van der Waals surface area contributed by atoms with Gasteiger partial charge >= 0.3 is 11.9 Å². The third-order valence-corrected chi connectivity index (χ3v) is 8.78. The van der Waals surface area contributed by atoms with Crippen LogP contribution in [0, 0.1) is 0 Å². The van der Waals surface area contributed by atoms with Crippen molar-refractivity contribution < 1.29 is 19.4 Å². The van der Waals surface area contributed by atoms with E-state index in [-0.39, 0.29) is 6.42 Å². The molecule has 1 unspecified atom stereocenters. The van der Waals surface area contributed by atoms with Crippen molar-refractivity contribution in [3.8, 4) is 0 Å². The number of carboxylic acids is 1. The largest absolute Gasteiger partial charge is 0.479 e. The highest BCUT2D eigenvalue weighted by molar-refractivity contribution is 5.77. The Labute approximate surface area is 297 Å². The van der Waals surface area contributed by atoms with Crippen molar-refractivity contribution in [2.75, 3.05) is 0 Å². The van der Waals surface area contributed by atoms with Gasteiger partial charge in [-0.15, -0.1) is 0 Å². The molecule has 0 fully saturated rings. The average molecular weight is 669 g/mol. The molecule has 0 spiro atoms. The summed E-state index contributed by atoms with van der Waals surface area (Å²) in [6.45, 7) is 4.43. The number of unbranched alkanes of at least 4 members (excludes halogenated alkanes) is 20. The first-order chi connectivity index (χ1) is 23.6. The first-order valence-electron chi connectivity index (χ1n) is 20.3. The van der Waals surface area contributed by atoms with E-state index >= 15 is 0 Å². The van der Waals surface area contributed by atoms with E-state index in [0.29, 0.717) is 12.8 Å². The number of allylic oxidation sites excluding steroid dienone is 10. The predicted octanol–water partition coefficient (Wildman–Crippen LogP) is 14.1. The van der Waals surface area contributed by atoms with Gasteiger partial charge in [-0.05, 0) is 57.8 Å². The summed E-state index contributed by atoms with van der Waals surface area (Å²) in [5.41, 5.74) is 0. The average Bonchev–Trinajstić information content (AvgIpc) is 3.08. The summed E-state index contributed by atoms with van der Waals surface area (Å²) in [6.07, 6.45) is 54.1. The lowest BCUT2D eigenvalue weighted by Crippen LogP contribution is -2.26. The maximum absolute atomic E-state index is 12.2. The molecule has 1 atom stereocenters. The number of carbonyl (C=O) groups is 2. The van der Waals surface area contributed by atoms with Gasteiger partial charge in [0.25, 0.3) is 0 Å². The van der Waals surface area contributed by atoms with Gasteiger partial charge in [0.2, 0.25) is 0 Å². The predicted molar refractivity (Wildman–Crippen MR) is 208 cm³/mol. The van der Waals surface area contributed by atoms with Gasteiger partial charge in [0.05, 0.1) is 0 Å². The molecule has 0 aromatic rings.